The van der Waals surface area contributed by atoms with Crippen LogP contribution in [0, 0.1) is 0 Å². The first-order valence-corrected chi connectivity index (χ1v) is 5.25. The van der Waals surface area contributed by atoms with Gasteiger partial charge in [-0.05, 0) is 26.0 Å². The summed E-state index contributed by atoms with van der Waals surface area (Å²) in [7, 11) is -0.874. The quantitative estimate of drug-likeness (QED) is 0.715. The van der Waals surface area contributed by atoms with Gasteiger partial charge in [-0.25, -0.2) is 0 Å². The molecule has 0 aliphatic carbocycles. The van der Waals surface area contributed by atoms with Crippen LogP contribution in [0.3, 0.4) is 0 Å². The van der Waals surface area contributed by atoms with Gasteiger partial charge in [0, 0.05) is 6.20 Å². The second kappa shape index (κ2) is 5.31. The van der Waals surface area contributed by atoms with E-state index < -0.39 is 8.38 Å². The van der Waals surface area contributed by atoms with Crippen molar-refractivity contribution in [3.8, 4) is 0 Å². The summed E-state index contributed by atoms with van der Waals surface area (Å²) in [5.41, 5.74) is 1.04. The number of hydrogen-bond donors (Lipinski definition) is 1. The van der Waals surface area contributed by atoms with E-state index in [1.807, 2.05) is 32.2 Å². The molecule has 0 bridgehead atoms. The molecule has 0 spiro atoms. The van der Waals surface area contributed by atoms with Gasteiger partial charge in [0.05, 0.1) is 18.6 Å². The summed E-state index contributed by atoms with van der Waals surface area (Å²) in [4.78, 5) is 3.09. The first-order chi connectivity index (χ1) is 5.88. The van der Waals surface area contributed by atoms with Crippen molar-refractivity contribution < 1.29 is 9.05 Å². The van der Waals surface area contributed by atoms with Crippen LogP contribution < -0.4 is 5.44 Å². The number of nitrogens with one attached hydrogen (secondary N) is 1. The van der Waals surface area contributed by atoms with Crippen molar-refractivity contribution in [2.24, 2.45) is 0 Å². The molecule has 3 nitrogen and oxygen atoms in total. The van der Waals surface area contributed by atoms with Gasteiger partial charge in [-0.1, -0.05) is 0 Å². The zero-order chi connectivity index (χ0) is 8.81. The van der Waals surface area contributed by atoms with E-state index >= 15 is 0 Å². The van der Waals surface area contributed by atoms with Crippen LogP contribution in [0.2, 0.25) is 0 Å². The number of aromatic nitrogens is 1. The topological polar surface area (TPSA) is 34.2 Å². The Balaban J connectivity index is 2.53. The zero-order valence-corrected chi connectivity index (χ0v) is 8.30. The minimum absolute atomic E-state index is 0.685. The SMILES string of the molecule is CCOP(OCC)c1ccc[nH]1. The van der Waals surface area contributed by atoms with E-state index in [1.54, 1.807) is 0 Å². The summed E-state index contributed by atoms with van der Waals surface area (Å²) in [6.07, 6.45) is 1.88. The van der Waals surface area contributed by atoms with E-state index in [9.17, 15) is 0 Å². The first kappa shape index (κ1) is 9.72. The molecule has 0 amide bonds. The number of H-pyrrole nitrogens is 1. The van der Waals surface area contributed by atoms with Crippen molar-refractivity contribution in [1.29, 1.82) is 0 Å². The summed E-state index contributed by atoms with van der Waals surface area (Å²) in [6.45, 7) is 5.31. The maximum Gasteiger partial charge on any atom is 0.222 e. The fraction of sp³-hybridized carbons (Fsp3) is 0.500. The van der Waals surface area contributed by atoms with Gasteiger partial charge in [-0.3, -0.25) is 0 Å². The van der Waals surface area contributed by atoms with Gasteiger partial charge in [-0.2, -0.15) is 0 Å². The summed E-state index contributed by atoms with van der Waals surface area (Å²) < 4.78 is 10.9. The van der Waals surface area contributed by atoms with Crippen molar-refractivity contribution in [2.45, 2.75) is 13.8 Å². The second-order valence-corrected chi connectivity index (χ2v) is 3.66. The molecule has 1 N–H and O–H groups in total. The Kier molecular flexibility index (Phi) is 4.30. The molecule has 1 aromatic rings. The van der Waals surface area contributed by atoms with Gasteiger partial charge < -0.3 is 14.0 Å². The third-order valence-electron chi connectivity index (χ3n) is 1.27. The van der Waals surface area contributed by atoms with E-state index in [0.29, 0.717) is 13.2 Å². The second-order valence-electron chi connectivity index (χ2n) is 2.15. The van der Waals surface area contributed by atoms with Crippen molar-refractivity contribution >= 4 is 13.8 Å². The summed E-state index contributed by atoms with van der Waals surface area (Å²) in [6, 6.07) is 3.93. The third-order valence-corrected chi connectivity index (χ3v) is 2.93. The van der Waals surface area contributed by atoms with Crippen molar-refractivity contribution in [1.82, 2.24) is 4.98 Å². The molecule has 0 aliphatic heterocycles. The van der Waals surface area contributed by atoms with Crippen molar-refractivity contribution in [3.05, 3.63) is 18.3 Å². The van der Waals surface area contributed by atoms with Crippen molar-refractivity contribution in [3.63, 3.8) is 0 Å². The lowest BCUT2D eigenvalue weighted by atomic mass is 10.7. The zero-order valence-electron chi connectivity index (χ0n) is 7.41. The van der Waals surface area contributed by atoms with E-state index in [4.69, 9.17) is 9.05 Å². The van der Waals surface area contributed by atoms with Gasteiger partial charge in [0.15, 0.2) is 0 Å². The van der Waals surface area contributed by atoms with E-state index in [0.717, 1.165) is 5.44 Å². The number of hydrogen-bond acceptors (Lipinski definition) is 2. The van der Waals surface area contributed by atoms with Crippen LogP contribution in [0.25, 0.3) is 0 Å². The molecule has 0 unspecified atom stereocenters. The van der Waals surface area contributed by atoms with Crippen LogP contribution in [0.1, 0.15) is 13.8 Å². The number of aromatic amines is 1. The molecule has 0 aromatic carbocycles. The molecule has 0 saturated heterocycles. The van der Waals surface area contributed by atoms with Crippen LogP contribution >= 0.6 is 8.38 Å². The Morgan fingerprint density at radius 1 is 1.33 bits per heavy atom. The molecule has 0 saturated carbocycles. The molecular formula is C8H14NO2P. The summed E-state index contributed by atoms with van der Waals surface area (Å²) in [5.74, 6) is 0. The minimum atomic E-state index is -0.874. The molecule has 1 aromatic heterocycles. The smallest absolute Gasteiger partial charge is 0.222 e. The Labute approximate surface area is 74.0 Å². The van der Waals surface area contributed by atoms with Gasteiger partial charge in [0.25, 0.3) is 0 Å². The first-order valence-electron chi connectivity index (χ1n) is 4.07. The molecule has 0 aliphatic rings. The molecule has 1 heterocycles. The van der Waals surface area contributed by atoms with Crippen LogP contribution in [-0.2, 0) is 9.05 Å². The lowest BCUT2D eigenvalue weighted by Gasteiger charge is -2.13. The maximum absolute atomic E-state index is 5.44. The minimum Gasteiger partial charge on any atom is -0.358 e. The standard InChI is InChI=1S/C8H14NO2P/c1-3-10-12(11-4-2)8-6-5-7-9-8/h5-7,9H,3-4H2,1-2H3. The molecule has 0 fully saturated rings. The van der Waals surface area contributed by atoms with Gasteiger partial charge in [-0.15, -0.1) is 0 Å². The highest BCUT2D eigenvalue weighted by Gasteiger charge is 2.12. The largest absolute Gasteiger partial charge is 0.358 e. The predicted octanol–water partition coefficient (Wildman–Crippen LogP) is 2.02. The maximum atomic E-state index is 5.44. The molecule has 68 valence electrons. The highest BCUT2D eigenvalue weighted by molar-refractivity contribution is 7.55. The molecule has 12 heavy (non-hydrogen) atoms. The molecular weight excluding hydrogens is 173 g/mol. The van der Waals surface area contributed by atoms with Gasteiger partial charge in [0.1, 0.15) is 0 Å². The Bertz CT molecular complexity index is 195. The van der Waals surface area contributed by atoms with E-state index in [-0.39, 0.29) is 0 Å². The molecule has 0 atom stereocenters. The summed E-state index contributed by atoms with van der Waals surface area (Å²) in [5, 5.41) is 0. The van der Waals surface area contributed by atoms with E-state index in [2.05, 4.69) is 4.98 Å². The fourth-order valence-corrected chi connectivity index (χ4v) is 2.05. The lowest BCUT2D eigenvalue weighted by Crippen LogP contribution is -2.06. The Morgan fingerprint density at radius 3 is 2.42 bits per heavy atom. The monoisotopic (exact) mass is 187 g/mol. The fourth-order valence-electron chi connectivity index (χ4n) is 0.845. The number of rotatable bonds is 5. The van der Waals surface area contributed by atoms with Crippen LogP contribution in [0.5, 0.6) is 0 Å². The van der Waals surface area contributed by atoms with Crippen LogP contribution in [0.4, 0.5) is 0 Å². The molecule has 4 heteroatoms. The average molecular weight is 187 g/mol. The predicted molar refractivity (Wildman–Crippen MR) is 50.6 cm³/mol. The summed E-state index contributed by atoms with van der Waals surface area (Å²) >= 11 is 0. The highest BCUT2D eigenvalue weighted by atomic mass is 31.2. The van der Waals surface area contributed by atoms with Gasteiger partial charge >= 0.3 is 0 Å². The van der Waals surface area contributed by atoms with Crippen LogP contribution in [-0.4, -0.2) is 18.2 Å². The van der Waals surface area contributed by atoms with Crippen molar-refractivity contribution in [2.75, 3.05) is 13.2 Å². The third kappa shape index (κ3) is 2.59. The van der Waals surface area contributed by atoms with Gasteiger partial charge in [0.2, 0.25) is 8.38 Å². The Hall–Kier alpha value is -0.370. The average Bonchev–Trinajstić information content (AvgIpc) is 2.56. The highest BCUT2D eigenvalue weighted by Crippen LogP contribution is 2.35. The Morgan fingerprint density at radius 2 is 2.00 bits per heavy atom. The molecule has 0 radical (unpaired) electrons. The molecule has 1 rings (SSSR count). The van der Waals surface area contributed by atoms with E-state index in [1.165, 1.54) is 0 Å². The van der Waals surface area contributed by atoms with Crippen LogP contribution in [0.15, 0.2) is 18.3 Å². The normalized spacial score (nSPS) is 10.9. The lowest BCUT2D eigenvalue weighted by molar-refractivity contribution is 0.277.